The highest BCUT2D eigenvalue weighted by atomic mass is 19.4. The molecule has 0 aromatic heterocycles. The quantitative estimate of drug-likeness (QED) is 0.821. The largest absolute Gasteiger partial charge is 0.416 e. The number of halogens is 3. The minimum absolute atomic E-state index is 0.0591. The van der Waals surface area contributed by atoms with Gasteiger partial charge in [0.1, 0.15) is 0 Å². The van der Waals surface area contributed by atoms with Crippen LogP contribution in [0.5, 0.6) is 0 Å². The Labute approximate surface area is 160 Å². The van der Waals surface area contributed by atoms with Crippen LogP contribution in [-0.2, 0) is 11.0 Å². The summed E-state index contributed by atoms with van der Waals surface area (Å²) < 4.78 is 37.7. The van der Waals surface area contributed by atoms with Crippen LogP contribution in [0.15, 0.2) is 54.6 Å². The van der Waals surface area contributed by atoms with Gasteiger partial charge in [-0.05, 0) is 36.8 Å². The van der Waals surface area contributed by atoms with Crippen molar-refractivity contribution >= 4 is 17.6 Å². The minimum Gasteiger partial charge on any atom is -0.334 e. The Morgan fingerprint density at radius 2 is 1.75 bits per heavy atom. The SMILES string of the molecule is CC(c1ccccc1)N1CC(NC(=O)Nc2ccc(C(F)(F)F)cc2)CC1=O. The molecule has 1 fully saturated rings. The lowest BCUT2D eigenvalue weighted by molar-refractivity contribution is -0.137. The van der Waals surface area contributed by atoms with Gasteiger partial charge >= 0.3 is 12.2 Å². The topological polar surface area (TPSA) is 61.4 Å². The lowest BCUT2D eigenvalue weighted by Gasteiger charge is -2.25. The second kappa shape index (κ2) is 7.92. The summed E-state index contributed by atoms with van der Waals surface area (Å²) in [5, 5.41) is 5.19. The molecule has 0 radical (unpaired) electrons. The number of benzene rings is 2. The summed E-state index contributed by atoms with van der Waals surface area (Å²) in [6.07, 6.45) is -4.25. The van der Waals surface area contributed by atoms with E-state index in [9.17, 15) is 22.8 Å². The summed E-state index contributed by atoms with van der Waals surface area (Å²) in [7, 11) is 0. The van der Waals surface area contributed by atoms with Crippen molar-refractivity contribution in [2.24, 2.45) is 0 Å². The first-order valence-corrected chi connectivity index (χ1v) is 8.83. The number of amides is 3. The third kappa shape index (κ3) is 4.62. The van der Waals surface area contributed by atoms with Gasteiger partial charge in [-0.25, -0.2) is 4.79 Å². The monoisotopic (exact) mass is 391 g/mol. The molecule has 3 amide bonds. The zero-order chi connectivity index (χ0) is 20.3. The molecule has 2 aromatic rings. The lowest BCUT2D eigenvalue weighted by Crippen LogP contribution is -2.40. The highest BCUT2D eigenvalue weighted by molar-refractivity contribution is 5.90. The van der Waals surface area contributed by atoms with Crippen molar-refractivity contribution in [3.8, 4) is 0 Å². The molecule has 1 saturated heterocycles. The van der Waals surface area contributed by atoms with Crippen molar-refractivity contribution in [3.05, 3.63) is 65.7 Å². The first-order valence-electron chi connectivity index (χ1n) is 8.83. The molecule has 3 rings (SSSR count). The Bertz CT molecular complexity index is 838. The molecule has 5 nitrogen and oxygen atoms in total. The second-order valence-corrected chi connectivity index (χ2v) is 6.71. The average Bonchev–Trinajstić information content (AvgIpc) is 3.01. The zero-order valence-corrected chi connectivity index (χ0v) is 15.2. The Balaban J connectivity index is 1.56. The molecule has 2 atom stereocenters. The van der Waals surface area contributed by atoms with Crippen LogP contribution in [0.3, 0.4) is 0 Å². The number of urea groups is 1. The van der Waals surface area contributed by atoms with Crippen molar-refractivity contribution < 1.29 is 22.8 Å². The van der Waals surface area contributed by atoms with Gasteiger partial charge in [-0.15, -0.1) is 0 Å². The van der Waals surface area contributed by atoms with E-state index in [0.29, 0.717) is 6.54 Å². The van der Waals surface area contributed by atoms with Crippen molar-refractivity contribution in [2.75, 3.05) is 11.9 Å². The fourth-order valence-corrected chi connectivity index (χ4v) is 3.21. The molecule has 2 unspecified atom stereocenters. The molecular weight excluding hydrogens is 371 g/mol. The van der Waals surface area contributed by atoms with Crippen molar-refractivity contribution in [1.82, 2.24) is 10.2 Å². The van der Waals surface area contributed by atoms with E-state index in [1.54, 1.807) is 4.90 Å². The molecule has 1 aliphatic heterocycles. The van der Waals surface area contributed by atoms with Gasteiger partial charge in [-0.1, -0.05) is 30.3 Å². The number of alkyl halides is 3. The summed E-state index contributed by atoms with van der Waals surface area (Å²) >= 11 is 0. The molecule has 0 bridgehead atoms. The average molecular weight is 391 g/mol. The van der Waals surface area contributed by atoms with E-state index < -0.39 is 17.8 Å². The summed E-state index contributed by atoms with van der Waals surface area (Å²) in [5.74, 6) is -0.0591. The van der Waals surface area contributed by atoms with E-state index in [-0.39, 0.29) is 30.1 Å². The van der Waals surface area contributed by atoms with Crippen molar-refractivity contribution in [1.29, 1.82) is 0 Å². The number of hydrogen-bond donors (Lipinski definition) is 2. The number of anilines is 1. The molecule has 148 valence electrons. The van der Waals surface area contributed by atoms with Gasteiger partial charge in [0.15, 0.2) is 0 Å². The smallest absolute Gasteiger partial charge is 0.334 e. The number of carbonyl (C=O) groups is 2. The molecule has 0 aliphatic carbocycles. The maximum absolute atomic E-state index is 12.6. The Kier molecular flexibility index (Phi) is 5.58. The maximum atomic E-state index is 12.6. The molecule has 0 spiro atoms. The molecule has 2 N–H and O–H groups in total. The number of nitrogens with one attached hydrogen (secondary N) is 2. The number of nitrogens with zero attached hydrogens (tertiary/aromatic N) is 1. The molecule has 1 heterocycles. The molecule has 8 heteroatoms. The van der Waals surface area contributed by atoms with Crippen LogP contribution in [-0.4, -0.2) is 29.4 Å². The van der Waals surface area contributed by atoms with Crippen LogP contribution >= 0.6 is 0 Å². The highest BCUT2D eigenvalue weighted by Crippen LogP contribution is 2.30. The molecular formula is C20H20F3N3O2. The zero-order valence-electron chi connectivity index (χ0n) is 15.2. The third-order valence-corrected chi connectivity index (χ3v) is 4.71. The highest BCUT2D eigenvalue weighted by Gasteiger charge is 2.34. The lowest BCUT2D eigenvalue weighted by atomic mass is 10.1. The molecule has 1 aliphatic rings. The van der Waals surface area contributed by atoms with Gasteiger partial charge in [0.05, 0.1) is 17.6 Å². The van der Waals surface area contributed by atoms with E-state index >= 15 is 0 Å². The predicted octanol–water partition coefficient (Wildman–Crippen LogP) is 4.19. The summed E-state index contributed by atoms with van der Waals surface area (Å²) in [5.41, 5.74) is 0.459. The Morgan fingerprint density at radius 3 is 2.36 bits per heavy atom. The van der Waals surface area contributed by atoms with E-state index in [4.69, 9.17) is 0 Å². The number of hydrogen-bond acceptors (Lipinski definition) is 2. The van der Waals surface area contributed by atoms with E-state index in [1.165, 1.54) is 12.1 Å². The summed E-state index contributed by atoms with van der Waals surface area (Å²) in [4.78, 5) is 26.2. The van der Waals surface area contributed by atoms with Gasteiger partial charge in [-0.2, -0.15) is 13.2 Å². The van der Waals surface area contributed by atoms with Gasteiger partial charge in [-0.3, -0.25) is 4.79 Å². The van der Waals surface area contributed by atoms with Crippen LogP contribution in [0, 0.1) is 0 Å². The van der Waals surface area contributed by atoms with E-state index in [0.717, 1.165) is 17.7 Å². The normalized spacial score (nSPS) is 18.1. The number of rotatable bonds is 4. The van der Waals surface area contributed by atoms with Gasteiger partial charge in [0, 0.05) is 18.7 Å². The van der Waals surface area contributed by atoms with Crippen LogP contribution < -0.4 is 10.6 Å². The third-order valence-electron chi connectivity index (χ3n) is 4.71. The van der Waals surface area contributed by atoms with Crippen molar-refractivity contribution in [2.45, 2.75) is 31.6 Å². The fourth-order valence-electron chi connectivity index (χ4n) is 3.21. The minimum atomic E-state index is -4.43. The first kappa shape index (κ1) is 19.7. The van der Waals surface area contributed by atoms with E-state index in [1.807, 2.05) is 37.3 Å². The van der Waals surface area contributed by atoms with Crippen LogP contribution in [0.4, 0.5) is 23.7 Å². The Morgan fingerprint density at radius 1 is 1.11 bits per heavy atom. The van der Waals surface area contributed by atoms with Crippen LogP contribution in [0.25, 0.3) is 0 Å². The molecule has 0 saturated carbocycles. The molecule has 28 heavy (non-hydrogen) atoms. The Hall–Kier alpha value is -3.03. The van der Waals surface area contributed by atoms with Crippen molar-refractivity contribution in [3.63, 3.8) is 0 Å². The second-order valence-electron chi connectivity index (χ2n) is 6.71. The van der Waals surface area contributed by atoms with Gasteiger partial charge in [0.2, 0.25) is 5.91 Å². The van der Waals surface area contributed by atoms with Gasteiger partial charge < -0.3 is 15.5 Å². The standard InChI is InChI=1S/C20H20F3N3O2/c1-13(14-5-3-2-4-6-14)26-12-17(11-18(26)27)25-19(28)24-16-9-7-15(8-10-16)20(21,22)23/h2-10,13,17H,11-12H2,1H3,(H2,24,25,28). The summed E-state index contributed by atoms with van der Waals surface area (Å²) in [6.45, 7) is 2.30. The maximum Gasteiger partial charge on any atom is 0.416 e. The first-order chi connectivity index (χ1) is 13.2. The number of likely N-dealkylation sites (tertiary alicyclic amines) is 1. The fraction of sp³-hybridized carbons (Fsp3) is 0.300. The molecule has 2 aromatic carbocycles. The van der Waals surface area contributed by atoms with E-state index in [2.05, 4.69) is 10.6 Å². The van der Waals surface area contributed by atoms with Crippen LogP contribution in [0.2, 0.25) is 0 Å². The predicted molar refractivity (Wildman–Crippen MR) is 98.6 cm³/mol. The van der Waals surface area contributed by atoms with Crippen LogP contribution in [0.1, 0.15) is 30.5 Å². The number of carbonyl (C=O) groups excluding carboxylic acids is 2. The van der Waals surface area contributed by atoms with Gasteiger partial charge in [0.25, 0.3) is 0 Å². The summed E-state index contributed by atoms with van der Waals surface area (Å²) in [6, 6.07) is 12.7.